The summed E-state index contributed by atoms with van der Waals surface area (Å²) in [6, 6.07) is 13.4. The molecule has 2 aromatic rings. The van der Waals surface area contributed by atoms with Crippen LogP contribution in [-0.4, -0.2) is 47.2 Å². The molecule has 2 aromatic carbocycles. The first kappa shape index (κ1) is 21.2. The fraction of sp³-hybridized carbons (Fsp3) is 0.375. The lowest BCUT2D eigenvalue weighted by molar-refractivity contribution is -0.142. The third-order valence-electron chi connectivity index (χ3n) is 6.87. The molecule has 1 spiro atoms. The Balaban J connectivity index is 1.53. The van der Waals surface area contributed by atoms with Crippen LogP contribution in [0.2, 0.25) is 0 Å². The number of fused-ring (bicyclic) bond motifs is 4. The van der Waals surface area contributed by atoms with Crippen molar-refractivity contribution in [1.82, 2.24) is 10.2 Å². The highest BCUT2D eigenvalue weighted by Crippen LogP contribution is 2.53. The number of carbonyl (C=O) groups excluding carboxylic acids is 3. The molecule has 166 valence electrons. The summed E-state index contributed by atoms with van der Waals surface area (Å²) >= 11 is 1.64. The van der Waals surface area contributed by atoms with Gasteiger partial charge < -0.3 is 5.32 Å². The molecular formula is C24H24FN3O3S. The first-order valence-electron chi connectivity index (χ1n) is 10.7. The van der Waals surface area contributed by atoms with Gasteiger partial charge in [-0.25, -0.2) is 4.39 Å². The van der Waals surface area contributed by atoms with Gasteiger partial charge in [0.05, 0.1) is 11.8 Å². The molecule has 0 radical (unpaired) electrons. The van der Waals surface area contributed by atoms with E-state index in [0.29, 0.717) is 24.1 Å². The molecule has 2 saturated heterocycles. The lowest BCUT2D eigenvalue weighted by Crippen LogP contribution is -2.53. The number of carbonyl (C=O) groups is 3. The molecule has 0 aliphatic carbocycles. The maximum Gasteiger partial charge on any atom is 0.250 e. The summed E-state index contributed by atoms with van der Waals surface area (Å²) < 4.78 is 14.2. The van der Waals surface area contributed by atoms with E-state index in [1.807, 2.05) is 36.6 Å². The van der Waals surface area contributed by atoms with Crippen LogP contribution in [0.5, 0.6) is 0 Å². The Bertz CT molecular complexity index is 1100. The van der Waals surface area contributed by atoms with Crippen LogP contribution < -0.4 is 10.6 Å². The first-order chi connectivity index (χ1) is 15.5. The van der Waals surface area contributed by atoms with E-state index in [1.165, 1.54) is 23.1 Å². The van der Waals surface area contributed by atoms with E-state index < -0.39 is 29.1 Å². The quantitative estimate of drug-likeness (QED) is 0.658. The highest BCUT2D eigenvalue weighted by Gasteiger charge is 2.70. The molecular weight excluding hydrogens is 429 g/mol. The first-order valence-corrected chi connectivity index (χ1v) is 12.1. The summed E-state index contributed by atoms with van der Waals surface area (Å²) in [6.45, 7) is 0.262. The maximum atomic E-state index is 14.2. The average molecular weight is 454 g/mol. The van der Waals surface area contributed by atoms with Crippen molar-refractivity contribution >= 4 is 35.2 Å². The van der Waals surface area contributed by atoms with Crippen LogP contribution in [0.4, 0.5) is 10.1 Å². The minimum atomic E-state index is -1.43. The number of halogens is 1. The van der Waals surface area contributed by atoms with Crippen LogP contribution in [0.15, 0.2) is 48.5 Å². The van der Waals surface area contributed by atoms with Crippen molar-refractivity contribution in [2.45, 2.75) is 24.4 Å². The van der Waals surface area contributed by atoms with Crippen molar-refractivity contribution in [2.24, 2.45) is 11.8 Å². The van der Waals surface area contributed by atoms with Gasteiger partial charge in [0.15, 0.2) is 0 Å². The largest absolute Gasteiger partial charge is 0.324 e. The third-order valence-corrected chi connectivity index (χ3v) is 7.51. The number of thioether (sulfide) groups is 1. The molecule has 2 N–H and O–H groups in total. The van der Waals surface area contributed by atoms with E-state index >= 15 is 0 Å². The van der Waals surface area contributed by atoms with Gasteiger partial charge in [0.1, 0.15) is 11.4 Å². The van der Waals surface area contributed by atoms with Gasteiger partial charge in [-0.1, -0.05) is 30.3 Å². The topological polar surface area (TPSA) is 78.5 Å². The predicted octanol–water partition coefficient (Wildman–Crippen LogP) is 2.54. The molecule has 6 nitrogen and oxygen atoms in total. The minimum Gasteiger partial charge on any atom is -0.324 e. The standard InChI is InChI=1S/C24H24FN3O3S/c1-32-12-10-18-19-20(22(30)28(21(19)29)11-9-14-5-3-2-4-6-14)24(27-18)16-13-15(25)7-8-17(16)26-23(24)31/h2-8,13,18-20,27H,9-12H2,1H3,(H,26,31)/t18-,19+,20-,24+/m0/s1. The second-order valence-electron chi connectivity index (χ2n) is 8.55. The predicted molar refractivity (Wildman–Crippen MR) is 120 cm³/mol. The fourth-order valence-electron chi connectivity index (χ4n) is 5.43. The highest BCUT2D eigenvalue weighted by molar-refractivity contribution is 7.98. The molecule has 0 unspecified atom stereocenters. The molecule has 2 fully saturated rings. The summed E-state index contributed by atoms with van der Waals surface area (Å²) in [7, 11) is 0. The Hall–Kier alpha value is -2.71. The van der Waals surface area contributed by atoms with Crippen LogP contribution in [-0.2, 0) is 26.3 Å². The number of hydrogen-bond acceptors (Lipinski definition) is 5. The monoisotopic (exact) mass is 453 g/mol. The number of nitrogens with one attached hydrogen (secondary N) is 2. The molecule has 0 aromatic heterocycles. The SMILES string of the molecule is CSCC[C@@H]1N[C@@]2(C(=O)Nc3ccc(F)cc32)[C@@H]2C(=O)N(CCc3ccccc3)C(=O)[C@H]12. The number of likely N-dealkylation sites (tertiary alicyclic amines) is 1. The van der Waals surface area contributed by atoms with Crippen molar-refractivity contribution in [3.63, 3.8) is 0 Å². The van der Waals surface area contributed by atoms with Gasteiger partial charge in [-0.15, -0.1) is 0 Å². The van der Waals surface area contributed by atoms with Crippen LogP contribution in [0.1, 0.15) is 17.5 Å². The van der Waals surface area contributed by atoms with Crippen molar-refractivity contribution < 1.29 is 18.8 Å². The van der Waals surface area contributed by atoms with Crippen molar-refractivity contribution in [1.29, 1.82) is 0 Å². The van der Waals surface area contributed by atoms with E-state index in [9.17, 15) is 18.8 Å². The van der Waals surface area contributed by atoms with Gasteiger partial charge in [0.2, 0.25) is 17.7 Å². The maximum absolute atomic E-state index is 14.2. The minimum absolute atomic E-state index is 0.246. The summed E-state index contributed by atoms with van der Waals surface area (Å²) in [5.41, 5.74) is 0.494. The Labute approximate surface area is 189 Å². The Morgan fingerprint density at radius 2 is 1.88 bits per heavy atom. The zero-order valence-corrected chi connectivity index (χ0v) is 18.5. The van der Waals surface area contributed by atoms with E-state index in [1.54, 1.807) is 11.8 Å². The molecule has 0 saturated carbocycles. The smallest absolute Gasteiger partial charge is 0.250 e. The average Bonchev–Trinajstić information content (AvgIpc) is 3.37. The molecule has 4 atom stereocenters. The lowest BCUT2D eigenvalue weighted by atomic mass is 9.76. The number of hydrogen-bond donors (Lipinski definition) is 2. The van der Waals surface area contributed by atoms with Crippen LogP contribution in [0.3, 0.4) is 0 Å². The summed E-state index contributed by atoms with van der Waals surface area (Å²) in [4.78, 5) is 41.7. The molecule has 3 aliphatic rings. The number of rotatable bonds is 6. The molecule has 3 aliphatic heterocycles. The van der Waals surface area contributed by atoms with E-state index in [-0.39, 0.29) is 24.4 Å². The van der Waals surface area contributed by atoms with Gasteiger partial charge in [0.25, 0.3) is 0 Å². The molecule has 5 rings (SSSR count). The van der Waals surface area contributed by atoms with Crippen molar-refractivity contribution in [2.75, 3.05) is 23.9 Å². The summed E-state index contributed by atoms with van der Waals surface area (Å²) in [6.07, 6.45) is 3.15. The lowest BCUT2D eigenvalue weighted by Gasteiger charge is -2.29. The van der Waals surface area contributed by atoms with E-state index in [4.69, 9.17) is 0 Å². The number of nitrogens with zero attached hydrogens (tertiary/aromatic N) is 1. The highest BCUT2D eigenvalue weighted by atomic mass is 32.2. The van der Waals surface area contributed by atoms with Crippen molar-refractivity contribution in [3.05, 3.63) is 65.5 Å². The van der Waals surface area contributed by atoms with E-state index in [0.717, 1.165) is 11.3 Å². The molecule has 8 heteroatoms. The van der Waals surface area contributed by atoms with Crippen molar-refractivity contribution in [3.8, 4) is 0 Å². The number of amides is 3. The molecule has 32 heavy (non-hydrogen) atoms. The summed E-state index contributed by atoms with van der Waals surface area (Å²) in [5, 5.41) is 6.13. The normalized spacial score (nSPS) is 28.4. The summed E-state index contributed by atoms with van der Waals surface area (Å²) in [5.74, 6) is -2.24. The van der Waals surface area contributed by atoms with Gasteiger partial charge in [-0.3, -0.25) is 24.6 Å². The second-order valence-corrected chi connectivity index (χ2v) is 9.54. The molecule has 3 amide bonds. The molecule has 3 heterocycles. The van der Waals surface area contributed by atoms with Gasteiger partial charge in [0, 0.05) is 23.8 Å². The number of imide groups is 1. The second kappa shape index (κ2) is 8.01. The fourth-order valence-corrected chi connectivity index (χ4v) is 5.92. The Morgan fingerprint density at radius 1 is 1.09 bits per heavy atom. The van der Waals surface area contributed by atoms with Crippen LogP contribution in [0, 0.1) is 17.7 Å². The van der Waals surface area contributed by atoms with Crippen LogP contribution in [0.25, 0.3) is 0 Å². The third kappa shape index (κ3) is 3.08. The van der Waals surface area contributed by atoms with E-state index in [2.05, 4.69) is 10.6 Å². The Morgan fingerprint density at radius 3 is 2.62 bits per heavy atom. The zero-order chi connectivity index (χ0) is 22.5. The van der Waals surface area contributed by atoms with Crippen LogP contribution >= 0.6 is 11.8 Å². The zero-order valence-electron chi connectivity index (χ0n) is 17.6. The Kier molecular flexibility index (Phi) is 5.29. The van der Waals surface area contributed by atoms with Gasteiger partial charge in [-0.2, -0.15) is 11.8 Å². The van der Waals surface area contributed by atoms with Gasteiger partial charge in [-0.05, 0) is 48.6 Å². The van der Waals surface area contributed by atoms with Gasteiger partial charge >= 0.3 is 0 Å². The number of benzene rings is 2. The number of anilines is 1. The molecule has 0 bridgehead atoms.